The highest BCUT2D eigenvalue weighted by Gasteiger charge is 2.32. The van der Waals surface area contributed by atoms with Gasteiger partial charge in [0.2, 0.25) is 0 Å². The molecule has 0 aliphatic heterocycles. The zero-order chi connectivity index (χ0) is 17.7. The second-order valence-corrected chi connectivity index (χ2v) is 6.69. The molecule has 8 heteroatoms. The molecule has 0 aromatic carbocycles. The lowest BCUT2D eigenvalue weighted by atomic mass is 9.84. The summed E-state index contributed by atoms with van der Waals surface area (Å²) in [6.45, 7) is 4.04. The highest BCUT2D eigenvalue weighted by molar-refractivity contribution is 7.84. The third-order valence-electron chi connectivity index (χ3n) is 3.67. The van der Waals surface area contributed by atoms with Crippen molar-refractivity contribution in [1.29, 1.82) is 0 Å². The number of carbonyl (C=O) groups is 1. The number of hydrogen-bond donors (Lipinski definition) is 1. The predicted octanol–water partition coefficient (Wildman–Crippen LogP) is 2.28. The Kier molecular flexibility index (Phi) is 6.19. The van der Waals surface area contributed by atoms with Gasteiger partial charge in [-0.05, 0) is 19.4 Å². The van der Waals surface area contributed by atoms with Crippen molar-refractivity contribution in [3.05, 3.63) is 29.4 Å². The van der Waals surface area contributed by atoms with Gasteiger partial charge in [0.05, 0.1) is 22.1 Å². The van der Waals surface area contributed by atoms with E-state index in [0.29, 0.717) is 29.6 Å². The third-order valence-corrected chi connectivity index (χ3v) is 4.49. The fourth-order valence-corrected chi connectivity index (χ4v) is 3.02. The summed E-state index contributed by atoms with van der Waals surface area (Å²) in [5, 5.41) is 14.7. The van der Waals surface area contributed by atoms with Gasteiger partial charge in [-0.1, -0.05) is 12.1 Å². The van der Waals surface area contributed by atoms with E-state index in [9.17, 15) is 14.1 Å². The number of oxime groups is 1. The van der Waals surface area contributed by atoms with Crippen LogP contribution in [0, 0.1) is 0 Å². The maximum atomic E-state index is 12.5. The molecular formula is C16H21N3O4S. The van der Waals surface area contributed by atoms with Crippen LogP contribution in [0.25, 0.3) is 0 Å². The summed E-state index contributed by atoms with van der Waals surface area (Å²) in [6, 6.07) is 1.58. The molecule has 2 rings (SSSR count). The van der Waals surface area contributed by atoms with Gasteiger partial charge in [-0.3, -0.25) is 9.00 Å². The Morgan fingerprint density at radius 3 is 2.79 bits per heavy atom. The van der Waals surface area contributed by atoms with Crippen molar-refractivity contribution >= 4 is 22.3 Å². The summed E-state index contributed by atoms with van der Waals surface area (Å²) in [5.41, 5.74) is 0.680. The number of ketones is 1. The number of carbonyl (C=O) groups excluding carboxylic acids is 1. The Labute approximate surface area is 143 Å². The molecule has 1 aromatic heterocycles. The van der Waals surface area contributed by atoms with E-state index >= 15 is 0 Å². The number of aromatic nitrogens is 2. The molecular weight excluding hydrogens is 330 g/mol. The average molecular weight is 351 g/mol. The molecule has 130 valence electrons. The van der Waals surface area contributed by atoms with Crippen molar-refractivity contribution in [2.45, 2.75) is 44.1 Å². The van der Waals surface area contributed by atoms with E-state index in [0.717, 1.165) is 0 Å². The minimum absolute atomic E-state index is 0.0248. The second-order valence-electron chi connectivity index (χ2n) is 5.37. The van der Waals surface area contributed by atoms with Crippen LogP contribution in [0.3, 0.4) is 0 Å². The average Bonchev–Trinajstić information content (AvgIpc) is 2.57. The van der Waals surface area contributed by atoms with Crippen LogP contribution in [0.15, 0.2) is 33.8 Å². The molecule has 24 heavy (non-hydrogen) atoms. The first-order valence-corrected chi connectivity index (χ1v) is 9.34. The van der Waals surface area contributed by atoms with Gasteiger partial charge in [0, 0.05) is 31.2 Å². The smallest absolute Gasteiger partial charge is 0.168 e. The number of nitrogens with zero attached hydrogens (tertiary/aromatic N) is 3. The van der Waals surface area contributed by atoms with Crippen LogP contribution in [-0.4, -0.2) is 43.6 Å². The van der Waals surface area contributed by atoms with Gasteiger partial charge in [0.1, 0.15) is 23.2 Å². The lowest BCUT2D eigenvalue weighted by Crippen LogP contribution is -2.24. The van der Waals surface area contributed by atoms with E-state index in [4.69, 9.17) is 4.84 Å². The number of hydrogen-bond acceptors (Lipinski definition) is 7. The van der Waals surface area contributed by atoms with Crippen LogP contribution in [0.4, 0.5) is 0 Å². The van der Waals surface area contributed by atoms with Crippen LogP contribution in [-0.2, 0) is 20.4 Å². The molecule has 1 aliphatic carbocycles. The number of Topliss-reactive ketones (excluding diaryl/α,β-unsaturated/α-hetero) is 1. The zero-order valence-electron chi connectivity index (χ0n) is 14.0. The molecule has 0 saturated carbocycles. The van der Waals surface area contributed by atoms with Crippen molar-refractivity contribution in [3.8, 4) is 0 Å². The van der Waals surface area contributed by atoms with Crippen molar-refractivity contribution in [2.75, 3.05) is 12.9 Å². The lowest BCUT2D eigenvalue weighted by molar-refractivity contribution is -0.116. The Balaban J connectivity index is 2.31. The fraction of sp³-hybridized carbons (Fsp3) is 0.500. The maximum Gasteiger partial charge on any atom is 0.168 e. The summed E-state index contributed by atoms with van der Waals surface area (Å²) < 4.78 is 11.6. The second kappa shape index (κ2) is 8.14. The Morgan fingerprint density at radius 1 is 1.46 bits per heavy atom. The highest BCUT2D eigenvalue weighted by atomic mass is 32.2. The van der Waals surface area contributed by atoms with Crippen LogP contribution in [0.2, 0.25) is 0 Å². The van der Waals surface area contributed by atoms with E-state index < -0.39 is 10.8 Å². The van der Waals surface area contributed by atoms with Gasteiger partial charge in [0.25, 0.3) is 0 Å². The number of allylic oxidation sites excluding steroid dienone is 2. The normalized spacial score (nSPS) is 20.2. The Hall–Kier alpha value is -2.09. The number of aliphatic hydroxyl groups excluding tert-OH is 1. The topological polar surface area (TPSA) is 102 Å². The molecule has 2 atom stereocenters. The molecule has 1 heterocycles. The molecule has 0 fully saturated rings. The Morgan fingerprint density at radius 2 is 2.21 bits per heavy atom. The summed E-state index contributed by atoms with van der Waals surface area (Å²) in [4.78, 5) is 25.9. The van der Waals surface area contributed by atoms with Gasteiger partial charge in [-0.15, -0.1) is 0 Å². The van der Waals surface area contributed by atoms with E-state index in [1.807, 2.05) is 6.92 Å². The van der Waals surface area contributed by atoms with Gasteiger partial charge >= 0.3 is 0 Å². The van der Waals surface area contributed by atoms with Crippen molar-refractivity contribution < 1.29 is 18.9 Å². The Bertz CT molecular complexity index is 715. The van der Waals surface area contributed by atoms with Crippen LogP contribution in [0.5, 0.6) is 0 Å². The maximum absolute atomic E-state index is 12.5. The molecule has 1 aromatic rings. The summed E-state index contributed by atoms with van der Waals surface area (Å²) >= 11 is 0. The number of rotatable bonds is 6. The minimum atomic E-state index is -1.23. The summed E-state index contributed by atoms with van der Waals surface area (Å²) in [6.07, 6.45) is 3.95. The zero-order valence-corrected chi connectivity index (χ0v) is 14.8. The molecule has 0 amide bonds. The van der Waals surface area contributed by atoms with Crippen molar-refractivity contribution in [2.24, 2.45) is 5.16 Å². The van der Waals surface area contributed by atoms with E-state index in [1.165, 1.54) is 12.5 Å². The highest BCUT2D eigenvalue weighted by Crippen LogP contribution is 2.33. The molecule has 1 aliphatic rings. The van der Waals surface area contributed by atoms with Crippen LogP contribution in [0.1, 0.15) is 44.9 Å². The molecule has 2 unspecified atom stereocenters. The molecule has 0 bridgehead atoms. The lowest BCUT2D eigenvalue weighted by Gasteiger charge is -2.22. The quantitative estimate of drug-likeness (QED) is 0.479. The van der Waals surface area contributed by atoms with E-state index in [-0.39, 0.29) is 35.9 Å². The summed E-state index contributed by atoms with van der Waals surface area (Å²) in [5.74, 6) is -0.157. The minimum Gasteiger partial charge on any atom is -0.511 e. The largest absolute Gasteiger partial charge is 0.511 e. The third kappa shape index (κ3) is 4.05. The van der Waals surface area contributed by atoms with E-state index in [2.05, 4.69) is 15.1 Å². The first-order chi connectivity index (χ1) is 11.5. The SMILES string of the molecule is CCO/N=C(\CC)C1=C(O)CC(c2nccc(S(C)=O)n2)CC1=O. The van der Waals surface area contributed by atoms with Gasteiger partial charge in [-0.25, -0.2) is 9.97 Å². The molecule has 7 nitrogen and oxygen atoms in total. The van der Waals surface area contributed by atoms with Crippen LogP contribution < -0.4 is 0 Å². The molecule has 0 radical (unpaired) electrons. The van der Waals surface area contributed by atoms with Gasteiger partial charge in [0.15, 0.2) is 5.78 Å². The first kappa shape index (κ1) is 18.3. The van der Waals surface area contributed by atoms with Crippen molar-refractivity contribution in [3.63, 3.8) is 0 Å². The van der Waals surface area contributed by atoms with Gasteiger partial charge in [-0.2, -0.15) is 0 Å². The standard InChI is InChI=1S/C16H21N3O4S/c1-4-11(19-23-5-2)15-12(20)8-10(9-13(15)21)16-17-7-6-14(18-16)24(3)22/h6-7,10,20H,4-5,8-9H2,1-3H3/b19-11+. The van der Waals surface area contributed by atoms with Crippen molar-refractivity contribution in [1.82, 2.24) is 9.97 Å². The fourth-order valence-electron chi connectivity index (χ4n) is 2.55. The van der Waals surface area contributed by atoms with Crippen LogP contribution >= 0.6 is 0 Å². The van der Waals surface area contributed by atoms with Gasteiger partial charge < -0.3 is 9.94 Å². The molecule has 0 spiro atoms. The molecule has 1 N–H and O–H groups in total. The summed E-state index contributed by atoms with van der Waals surface area (Å²) in [7, 11) is -1.23. The first-order valence-electron chi connectivity index (χ1n) is 7.78. The monoisotopic (exact) mass is 351 g/mol. The van der Waals surface area contributed by atoms with E-state index in [1.54, 1.807) is 13.0 Å². The predicted molar refractivity (Wildman–Crippen MR) is 90.4 cm³/mol. The molecule has 0 saturated heterocycles. The number of aliphatic hydroxyl groups is 1.